The average Bonchev–Trinajstić information content (AvgIpc) is 3.11. The van der Waals surface area contributed by atoms with E-state index in [1.54, 1.807) is 6.92 Å². The van der Waals surface area contributed by atoms with Crippen molar-refractivity contribution < 1.29 is 24.2 Å². The minimum absolute atomic E-state index is 0.0201. The molecule has 0 aliphatic heterocycles. The molecular weight excluding hydrogens is 486 g/mol. The molecular formula is C29H43N3O6. The number of carbonyl (C=O) groups is 2. The van der Waals surface area contributed by atoms with Gasteiger partial charge in [-0.15, -0.1) is 0 Å². The molecule has 1 aliphatic carbocycles. The fraction of sp³-hybridized carbons (Fsp3) is 0.621. The van der Waals surface area contributed by atoms with E-state index in [4.69, 9.17) is 9.47 Å². The molecule has 2 N–H and O–H groups in total. The summed E-state index contributed by atoms with van der Waals surface area (Å²) in [4.78, 5) is 36.4. The van der Waals surface area contributed by atoms with Gasteiger partial charge in [-0.05, 0) is 63.4 Å². The summed E-state index contributed by atoms with van der Waals surface area (Å²) < 4.78 is 13.4. The van der Waals surface area contributed by atoms with Gasteiger partial charge in [-0.1, -0.05) is 49.6 Å². The number of aromatic nitrogens is 2. The van der Waals surface area contributed by atoms with Crippen molar-refractivity contribution in [1.29, 1.82) is 0 Å². The normalized spacial score (nSPS) is 17.2. The van der Waals surface area contributed by atoms with Crippen molar-refractivity contribution in [2.45, 2.75) is 97.1 Å². The van der Waals surface area contributed by atoms with Gasteiger partial charge in [0.25, 0.3) is 0 Å². The standard InChI is InChI=1S/C29H43N3O6/c1-3-37-27(34)18-10-5-4-9-16-25-28(35)31(21-23-13-7-6-8-14-23)29(36)32(25)30-20-19-24-15-11-12-17-26(24)38-22(2)33/h6-8,13-14,24,26,30,35H,3-5,9-12,15-21H2,1-2H3. The number of carbonyl (C=O) groups excluding carboxylic acids is 2. The Kier molecular flexibility index (Phi) is 11.8. The molecule has 9 heteroatoms. The van der Waals surface area contributed by atoms with Crippen LogP contribution in [-0.4, -0.2) is 45.5 Å². The SMILES string of the molecule is CCOC(=O)CCCCCCc1c(O)n(Cc2ccccc2)c(=O)n1NCCC1CCCCC1OC(C)=O. The van der Waals surface area contributed by atoms with Crippen LogP contribution in [0.2, 0.25) is 0 Å². The molecule has 2 atom stereocenters. The summed E-state index contributed by atoms with van der Waals surface area (Å²) in [7, 11) is 0. The second-order valence-corrected chi connectivity index (χ2v) is 10.1. The van der Waals surface area contributed by atoms with Gasteiger partial charge in [0.1, 0.15) is 11.8 Å². The zero-order valence-electron chi connectivity index (χ0n) is 22.8. The lowest BCUT2D eigenvalue weighted by atomic mass is 9.84. The van der Waals surface area contributed by atoms with Gasteiger partial charge in [-0.25, -0.2) is 9.47 Å². The Morgan fingerprint density at radius 2 is 1.82 bits per heavy atom. The van der Waals surface area contributed by atoms with E-state index in [-0.39, 0.29) is 42.1 Å². The Bertz CT molecular complexity index is 1080. The molecule has 38 heavy (non-hydrogen) atoms. The Labute approximate surface area is 225 Å². The van der Waals surface area contributed by atoms with Gasteiger partial charge < -0.3 is 20.0 Å². The zero-order chi connectivity index (χ0) is 27.3. The van der Waals surface area contributed by atoms with Crippen LogP contribution in [0, 0.1) is 5.92 Å². The predicted octanol–water partition coefficient (Wildman–Crippen LogP) is 4.52. The molecule has 210 valence electrons. The second kappa shape index (κ2) is 15.2. The number of nitrogens with zero attached hydrogens (tertiary/aromatic N) is 2. The number of nitrogens with one attached hydrogen (secondary N) is 1. The molecule has 1 saturated carbocycles. The molecule has 2 aromatic rings. The smallest absolute Gasteiger partial charge is 0.350 e. The van der Waals surface area contributed by atoms with Gasteiger partial charge in [0.2, 0.25) is 5.88 Å². The molecule has 0 radical (unpaired) electrons. The molecule has 0 amide bonds. The van der Waals surface area contributed by atoms with Gasteiger partial charge in [-0.3, -0.25) is 14.2 Å². The van der Waals surface area contributed by atoms with Crippen molar-refractivity contribution in [3.05, 3.63) is 52.1 Å². The summed E-state index contributed by atoms with van der Waals surface area (Å²) in [5.74, 6) is -0.194. The first kappa shape index (κ1) is 29.3. The third-order valence-corrected chi connectivity index (χ3v) is 7.18. The topological polar surface area (TPSA) is 112 Å². The maximum absolute atomic E-state index is 13.4. The summed E-state index contributed by atoms with van der Waals surface area (Å²) in [5, 5.41) is 11.1. The van der Waals surface area contributed by atoms with Gasteiger partial charge in [0, 0.05) is 19.9 Å². The summed E-state index contributed by atoms with van der Waals surface area (Å²) >= 11 is 0. The maximum Gasteiger partial charge on any atom is 0.350 e. The van der Waals surface area contributed by atoms with Crippen LogP contribution in [-0.2, 0) is 32.0 Å². The summed E-state index contributed by atoms with van der Waals surface area (Å²) in [6.45, 7) is 4.46. The first-order chi connectivity index (χ1) is 18.4. The largest absolute Gasteiger partial charge is 0.493 e. The Hall–Kier alpha value is -3.23. The molecule has 1 fully saturated rings. The van der Waals surface area contributed by atoms with E-state index in [2.05, 4.69) is 5.43 Å². The Morgan fingerprint density at radius 1 is 1.08 bits per heavy atom. The van der Waals surface area contributed by atoms with Crippen LogP contribution < -0.4 is 11.1 Å². The van der Waals surface area contributed by atoms with Crippen LogP contribution in [0.3, 0.4) is 0 Å². The second-order valence-electron chi connectivity index (χ2n) is 10.1. The maximum atomic E-state index is 13.4. The number of imidazole rings is 1. The molecule has 1 aromatic heterocycles. The van der Waals surface area contributed by atoms with Crippen LogP contribution in [0.1, 0.15) is 89.3 Å². The molecule has 1 aromatic carbocycles. The van der Waals surface area contributed by atoms with Gasteiger partial charge >= 0.3 is 17.6 Å². The van der Waals surface area contributed by atoms with E-state index < -0.39 is 0 Å². The van der Waals surface area contributed by atoms with E-state index in [0.29, 0.717) is 31.7 Å². The van der Waals surface area contributed by atoms with E-state index in [0.717, 1.165) is 63.4 Å². The van der Waals surface area contributed by atoms with Crippen LogP contribution in [0.25, 0.3) is 0 Å². The van der Waals surface area contributed by atoms with E-state index in [9.17, 15) is 19.5 Å². The molecule has 1 heterocycles. The number of ether oxygens (including phenoxy) is 2. The van der Waals surface area contributed by atoms with Gasteiger partial charge in [0.15, 0.2) is 0 Å². The molecule has 2 unspecified atom stereocenters. The lowest BCUT2D eigenvalue weighted by Gasteiger charge is -2.31. The van der Waals surface area contributed by atoms with E-state index in [1.807, 2.05) is 30.3 Å². The van der Waals surface area contributed by atoms with Crippen molar-refractivity contribution in [1.82, 2.24) is 9.24 Å². The highest BCUT2D eigenvalue weighted by molar-refractivity contribution is 5.69. The van der Waals surface area contributed by atoms with Crippen molar-refractivity contribution in [3.63, 3.8) is 0 Å². The minimum atomic E-state index is -0.302. The number of esters is 2. The summed E-state index contributed by atoms with van der Waals surface area (Å²) in [6, 6.07) is 9.60. The molecule has 0 spiro atoms. The van der Waals surface area contributed by atoms with E-state index >= 15 is 0 Å². The summed E-state index contributed by atoms with van der Waals surface area (Å²) in [6.07, 6.45) is 8.97. The molecule has 0 bridgehead atoms. The predicted molar refractivity (Wildman–Crippen MR) is 146 cm³/mol. The third kappa shape index (κ3) is 8.67. The van der Waals surface area contributed by atoms with Crippen molar-refractivity contribution in [2.75, 3.05) is 18.6 Å². The number of rotatable bonds is 15. The first-order valence-electron chi connectivity index (χ1n) is 14.0. The summed E-state index contributed by atoms with van der Waals surface area (Å²) in [5.41, 5.74) is 4.45. The molecule has 3 rings (SSSR count). The van der Waals surface area contributed by atoms with Gasteiger partial charge in [-0.2, -0.15) is 0 Å². The van der Waals surface area contributed by atoms with Crippen LogP contribution in [0.4, 0.5) is 0 Å². The van der Waals surface area contributed by atoms with Crippen molar-refractivity contribution in [3.8, 4) is 5.88 Å². The lowest BCUT2D eigenvalue weighted by molar-refractivity contribution is -0.151. The van der Waals surface area contributed by atoms with Crippen molar-refractivity contribution >= 4 is 11.9 Å². The monoisotopic (exact) mass is 529 g/mol. The lowest BCUT2D eigenvalue weighted by Crippen LogP contribution is -2.35. The molecule has 1 aliphatic rings. The fourth-order valence-electron chi connectivity index (χ4n) is 5.26. The molecule has 0 saturated heterocycles. The van der Waals surface area contributed by atoms with Crippen LogP contribution in [0.5, 0.6) is 5.88 Å². The highest BCUT2D eigenvalue weighted by atomic mass is 16.5. The quantitative estimate of drug-likeness (QED) is 0.258. The zero-order valence-corrected chi connectivity index (χ0v) is 22.8. The Morgan fingerprint density at radius 3 is 2.55 bits per heavy atom. The van der Waals surface area contributed by atoms with Crippen LogP contribution in [0.15, 0.2) is 35.1 Å². The first-order valence-corrected chi connectivity index (χ1v) is 14.0. The number of hydrogen-bond donors (Lipinski definition) is 2. The van der Waals surface area contributed by atoms with Gasteiger partial charge in [0.05, 0.1) is 13.2 Å². The number of benzene rings is 1. The number of hydrogen-bond acceptors (Lipinski definition) is 7. The fourth-order valence-corrected chi connectivity index (χ4v) is 5.26. The van der Waals surface area contributed by atoms with Crippen LogP contribution >= 0.6 is 0 Å². The number of unbranched alkanes of at least 4 members (excludes halogenated alkanes) is 3. The minimum Gasteiger partial charge on any atom is -0.493 e. The highest BCUT2D eigenvalue weighted by Gasteiger charge is 2.27. The average molecular weight is 530 g/mol. The highest BCUT2D eigenvalue weighted by Crippen LogP contribution is 2.29. The van der Waals surface area contributed by atoms with Crippen molar-refractivity contribution in [2.24, 2.45) is 5.92 Å². The number of aromatic hydroxyl groups is 1. The molecule has 9 nitrogen and oxygen atoms in total. The van der Waals surface area contributed by atoms with E-state index in [1.165, 1.54) is 16.2 Å². The Balaban J connectivity index is 1.65. The third-order valence-electron chi connectivity index (χ3n) is 7.18.